The molecule has 0 aromatic heterocycles. The Kier molecular flexibility index (Phi) is 5.94. The highest BCUT2D eigenvalue weighted by Gasteiger charge is 2.20. The van der Waals surface area contributed by atoms with Crippen molar-refractivity contribution in [3.05, 3.63) is 0 Å². The van der Waals surface area contributed by atoms with Crippen LogP contribution in [0, 0.1) is 22.7 Å². The number of piperidine rings is 1. The lowest BCUT2D eigenvalue weighted by molar-refractivity contribution is 0.196. The lowest BCUT2D eigenvalue weighted by Gasteiger charge is -2.30. The highest BCUT2D eigenvalue weighted by Crippen LogP contribution is 2.20. The Morgan fingerprint density at radius 2 is 2.00 bits per heavy atom. The molecule has 1 fully saturated rings. The fourth-order valence-corrected chi connectivity index (χ4v) is 2.30. The van der Waals surface area contributed by atoms with Crippen LogP contribution in [0.2, 0.25) is 0 Å². The average molecular weight is 237 g/mol. The number of hydrogen-bond donors (Lipinski definition) is 1. The fourth-order valence-electron chi connectivity index (χ4n) is 2.30. The minimum Gasteiger partial charge on any atom is -0.317 e. The van der Waals surface area contributed by atoms with Crippen molar-refractivity contribution in [2.24, 2.45) is 11.3 Å². The van der Waals surface area contributed by atoms with Gasteiger partial charge in [-0.25, -0.2) is 0 Å². The van der Waals surface area contributed by atoms with Gasteiger partial charge in [-0.1, -0.05) is 6.92 Å². The van der Waals surface area contributed by atoms with Gasteiger partial charge in [0, 0.05) is 6.54 Å². The van der Waals surface area contributed by atoms with Gasteiger partial charge in [0.2, 0.25) is 0 Å². The van der Waals surface area contributed by atoms with Gasteiger partial charge in [0.15, 0.2) is 0 Å². The molecule has 0 saturated carbocycles. The van der Waals surface area contributed by atoms with Crippen LogP contribution in [-0.4, -0.2) is 37.6 Å². The zero-order valence-electron chi connectivity index (χ0n) is 11.6. The van der Waals surface area contributed by atoms with Crippen LogP contribution < -0.4 is 5.32 Å². The summed E-state index contributed by atoms with van der Waals surface area (Å²) in [5, 5.41) is 12.4. The molecule has 98 valence electrons. The smallest absolute Gasteiger partial charge is 0.0684 e. The van der Waals surface area contributed by atoms with E-state index in [1.54, 1.807) is 0 Å². The Labute approximate surface area is 106 Å². The van der Waals surface area contributed by atoms with Crippen LogP contribution in [0.5, 0.6) is 0 Å². The van der Waals surface area contributed by atoms with Gasteiger partial charge < -0.3 is 10.2 Å². The zero-order chi connectivity index (χ0) is 12.7. The first-order valence-corrected chi connectivity index (χ1v) is 6.91. The van der Waals surface area contributed by atoms with E-state index >= 15 is 0 Å². The first-order chi connectivity index (χ1) is 8.07. The molecule has 1 aliphatic heterocycles. The summed E-state index contributed by atoms with van der Waals surface area (Å²) in [7, 11) is 0. The summed E-state index contributed by atoms with van der Waals surface area (Å²) < 4.78 is 0. The minimum absolute atomic E-state index is 0.179. The van der Waals surface area contributed by atoms with E-state index in [0.717, 1.165) is 25.4 Å². The van der Waals surface area contributed by atoms with Gasteiger partial charge in [-0.2, -0.15) is 5.26 Å². The molecule has 1 aliphatic rings. The fraction of sp³-hybridized carbons (Fsp3) is 0.929. The summed E-state index contributed by atoms with van der Waals surface area (Å²) in [5.74, 6) is 0.849. The van der Waals surface area contributed by atoms with Crippen LogP contribution in [0.15, 0.2) is 0 Å². The Balaban J connectivity index is 2.30. The summed E-state index contributed by atoms with van der Waals surface area (Å²) in [4.78, 5) is 2.51. The SMILES string of the molecule is CCN(CCC(C)(C)C#N)CC1CCNCC1. The maximum Gasteiger partial charge on any atom is 0.0684 e. The van der Waals surface area contributed by atoms with Crippen LogP contribution in [0.1, 0.15) is 40.0 Å². The Morgan fingerprint density at radius 1 is 1.35 bits per heavy atom. The number of rotatable bonds is 6. The van der Waals surface area contributed by atoms with Gasteiger partial charge in [-0.3, -0.25) is 0 Å². The van der Waals surface area contributed by atoms with Gasteiger partial charge in [0.1, 0.15) is 0 Å². The number of nitriles is 1. The van der Waals surface area contributed by atoms with Crippen molar-refractivity contribution in [1.29, 1.82) is 5.26 Å². The second-order valence-electron chi connectivity index (χ2n) is 5.83. The van der Waals surface area contributed by atoms with E-state index in [0.29, 0.717) is 0 Å². The summed E-state index contributed by atoms with van der Waals surface area (Å²) in [6.07, 6.45) is 3.58. The van der Waals surface area contributed by atoms with E-state index in [9.17, 15) is 0 Å². The minimum atomic E-state index is -0.179. The van der Waals surface area contributed by atoms with Crippen LogP contribution in [0.3, 0.4) is 0 Å². The lowest BCUT2D eigenvalue weighted by Crippen LogP contribution is -2.37. The first kappa shape index (κ1) is 14.5. The van der Waals surface area contributed by atoms with Crippen molar-refractivity contribution >= 4 is 0 Å². The number of nitrogens with one attached hydrogen (secondary N) is 1. The topological polar surface area (TPSA) is 39.1 Å². The summed E-state index contributed by atoms with van der Waals surface area (Å²) in [6.45, 7) is 12.0. The van der Waals surface area contributed by atoms with Crippen LogP contribution in [0.25, 0.3) is 0 Å². The molecule has 3 nitrogen and oxygen atoms in total. The molecule has 0 unspecified atom stereocenters. The van der Waals surface area contributed by atoms with Crippen molar-refractivity contribution in [3.63, 3.8) is 0 Å². The Bertz CT molecular complexity index is 249. The zero-order valence-corrected chi connectivity index (χ0v) is 11.6. The molecule has 0 aliphatic carbocycles. The highest BCUT2D eigenvalue weighted by molar-refractivity contribution is 4.92. The highest BCUT2D eigenvalue weighted by atomic mass is 15.1. The molecular formula is C14H27N3. The van der Waals surface area contributed by atoms with Crippen molar-refractivity contribution in [2.45, 2.75) is 40.0 Å². The van der Waals surface area contributed by atoms with E-state index in [1.165, 1.54) is 32.5 Å². The predicted molar refractivity (Wildman–Crippen MR) is 71.7 cm³/mol. The second-order valence-corrected chi connectivity index (χ2v) is 5.83. The molecule has 0 amide bonds. The van der Waals surface area contributed by atoms with Gasteiger partial charge in [0.05, 0.1) is 11.5 Å². The largest absolute Gasteiger partial charge is 0.317 e. The predicted octanol–water partition coefficient (Wildman–Crippen LogP) is 2.25. The monoisotopic (exact) mass is 237 g/mol. The summed E-state index contributed by atoms with van der Waals surface area (Å²) in [6, 6.07) is 2.39. The molecule has 1 N–H and O–H groups in total. The van der Waals surface area contributed by atoms with Gasteiger partial charge in [0.25, 0.3) is 0 Å². The first-order valence-electron chi connectivity index (χ1n) is 6.91. The molecule has 0 aromatic rings. The van der Waals surface area contributed by atoms with E-state index in [1.807, 2.05) is 13.8 Å². The van der Waals surface area contributed by atoms with Crippen LogP contribution in [-0.2, 0) is 0 Å². The van der Waals surface area contributed by atoms with E-state index in [4.69, 9.17) is 5.26 Å². The molecule has 0 atom stereocenters. The molecule has 0 bridgehead atoms. The Hall–Kier alpha value is -0.590. The third-order valence-electron chi connectivity index (χ3n) is 3.78. The van der Waals surface area contributed by atoms with Gasteiger partial charge in [-0.15, -0.1) is 0 Å². The Morgan fingerprint density at radius 3 is 2.53 bits per heavy atom. The van der Waals surface area contributed by atoms with Crippen molar-refractivity contribution in [1.82, 2.24) is 10.2 Å². The quantitative estimate of drug-likeness (QED) is 0.770. The maximum absolute atomic E-state index is 9.02. The van der Waals surface area contributed by atoms with E-state index in [-0.39, 0.29) is 5.41 Å². The second kappa shape index (κ2) is 6.98. The normalized spacial score (nSPS) is 18.3. The summed E-state index contributed by atoms with van der Waals surface area (Å²) in [5.41, 5.74) is -0.179. The standard InChI is InChI=1S/C14H27N3/c1-4-17(10-7-14(2,3)12-15)11-13-5-8-16-9-6-13/h13,16H,4-11H2,1-3H3. The molecule has 1 heterocycles. The lowest BCUT2D eigenvalue weighted by atomic mass is 9.91. The van der Waals surface area contributed by atoms with E-state index in [2.05, 4.69) is 23.2 Å². The van der Waals surface area contributed by atoms with Crippen molar-refractivity contribution in [3.8, 4) is 6.07 Å². The van der Waals surface area contributed by atoms with E-state index < -0.39 is 0 Å². The van der Waals surface area contributed by atoms with Crippen molar-refractivity contribution in [2.75, 3.05) is 32.7 Å². The van der Waals surface area contributed by atoms with Gasteiger partial charge >= 0.3 is 0 Å². The number of nitrogens with zero attached hydrogens (tertiary/aromatic N) is 2. The molecule has 3 heteroatoms. The van der Waals surface area contributed by atoms with Crippen molar-refractivity contribution < 1.29 is 0 Å². The molecule has 17 heavy (non-hydrogen) atoms. The third-order valence-corrected chi connectivity index (χ3v) is 3.78. The molecular weight excluding hydrogens is 210 g/mol. The molecule has 1 rings (SSSR count). The average Bonchev–Trinajstić information content (AvgIpc) is 2.35. The van der Waals surface area contributed by atoms with Crippen LogP contribution in [0.4, 0.5) is 0 Å². The molecule has 0 radical (unpaired) electrons. The van der Waals surface area contributed by atoms with Crippen LogP contribution >= 0.6 is 0 Å². The maximum atomic E-state index is 9.02. The summed E-state index contributed by atoms with van der Waals surface area (Å²) >= 11 is 0. The third kappa shape index (κ3) is 5.52. The molecule has 1 saturated heterocycles. The number of hydrogen-bond acceptors (Lipinski definition) is 3. The van der Waals surface area contributed by atoms with Gasteiger partial charge in [-0.05, 0) is 65.2 Å². The molecule has 0 aromatic carbocycles. The molecule has 0 spiro atoms.